The highest BCUT2D eigenvalue weighted by atomic mass is 32.1. The third-order valence-electron chi connectivity index (χ3n) is 1.57. The normalized spacial score (nSPS) is 17.6. The molecule has 6 heteroatoms. The number of thiol groups is 1. The van der Waals surface area contributed by atoms with Gasteiger partial charge in [-0.15, -0.1) is 22.8 Å². The van der Waals surface area contributed by atoms with Crippen molar-refractivity contribution in [2.75, 3.05) is 6.61 Å². The van der Waals surface area contributed by atoms with E-state index in [-0.39, 0.29) is 9.76 Å². The summed E-state index contributed by atoms with van der Waals surface area (Å²) >= 11 is 3.87. The second-order valence-electron chi connectivity index (χ2n) is 2.65. The smallest absolute Gasteiger partial charge is 0.161 e. The van der Waals surface area contributed by atoms with Crippen LogP contribution in [0.3, 0.4) is 0 Å². The minimum atomic E-state index is 0.00849. The third-order valence-corrected chi connectivity index (χ3v) is 3.17. The summed E-state index contributed by atoms with van der Waals surface area (Å²) in [6.07, 6.45) is 4.29. The van der Waals surface area contributed by atoms with Gasteiger partial charge in [0, 0.05) is 6.61 Å². The van der Waals surface area contributed by atoms with Crippen molar-refractivity contribution >= 4 is 22.4 Å². The molecule has 1 aliphatic heterocycles. The molecular weight excluding hydrogens is 202 g/mol. The molecule has 0 bridgehead atoms. The average molecular weight is 215 g/mol. The van der Waals surface area contributed by atoms with E-state index in [1.807, 2.05) is 0 Å². The Morgan fingerprint density at radius 1 is 1.46 bits per heavy atom. The molecule has 1 aromatic heterocycles. The van der Waals surface area contributed by atoms with Crippen molar-refractivity contribution in [3.8, 4) is 0 Å². The summed E-state index contributed by atoms with van der Waals surface area (Å²) in [6.45, 7) is 1.06. The van der Waals surface area contributed by atoms with E-state index in [2.05, 4.69) is 28.0 Å². The Kier molecular flexibility index (Phi) is 5.71. The molecule has 0 amide bonds. The van der Waals surface area contributed by atoms with Gasteiger partial charge in [-0.25, -0.2) is 0 Å². The van der Waals surface area contributed by atoms with Crippen LogP contribution in [0.4, 0.5) is 0 Å². The monoisotopic (exact) mass is 215 g/mol. The largest absolute Gasteiger partial charge is 0.424 e. The molecule has 2 heterocycles. The van der Waals surface area contributed by atoms with Crippen LogP contribution < -0.4 is 0 Å². The van der Waals surface area contributed by atoms with Crippen LogP contribution in [0, 0.1) is 0 Å². The van der Waals surface area contributed by atoms with E-state index in [0.29, 0.717) is 5.03 Å². The SMILES string of the molecule is C1CC[SiH2]OC1.Sc1ccnnn1. The van der Waals surface area contributed by atoms with E-state index in [4.69, 9.17) is 4.43 Å². The van der Waals surface area contributed by atoms with Crippen LogP contribution in [0.15, 0.2) is 17.3 Å². The fourth-order valence-corrected chi connectivity index (χ4v) is 2.20. The number of aromatic nitrogens is 3. The van der Waals surface area contributed by atoms with Gasteiger partial charge in [0.2, 0.25) is 0 Å². The number of rotatable bonds is 0. The molecule has 4 nitrogen and oxygen atoms in total. The van der Waals surface area contributed by atoms with E-state index in [0.717, 1.165) is 6.61 Å². The van der Waals surface area contributed by atoms with Crippen molar-refractivity contribution in [2.24, 2.45) is 0 Å². The zero-order valence-electron chi connectivity index (χ0n) is 7.39. The van der Waals surface area contributed by atoms with Crippen LogP contribution >= 0.6 is 12.6 Å². The molecule has 0 aliphatic carbocycles. The van der Waals surface area contributed by atoms with Gasteiger partial charge in [-0.1, -0.05) is 6.42 Å². The molecule has 1 aromatic rings. The van der Waals surface area contributed by atoms with Gasteiger partial charge in [0.1, 0.15) is 5.03 Å². The van der Waals surface area contributed by atoms with Crippen molar-refractivity contribution in [2.45, 2.75) is 23.9 Å². The van der Waals surface area contributed by atoms with Crippen molar-refractivity contribution < 1.29 is 4.43 Å². The highest BCUT2D eigenvalue weighted by Crippen LogP contribution is 2.01. The lowest BCUT2D eigenvalue weighted by atomic mass is 10.4. The van der Waals surface area contributed by atoms with Gasteiger partial charge in [-0.05, 0) is 23.7 Å². The van der Waals surface area contributed by atoms with E-state index >= 15 is 0 Å². The summed E-state index contributed by atoms with van der Waals surface area (Å²) in [7, 11) is 0.00849. The summed E-state index contributed by atoms with van der Waals surface area (Å²) in [4.78, 5) is 0. The Bertz CT molecular complexity index is 209. The number of hydrogen-bond acceptors (Lipinski definition) is 5. The highest BCUT2D eigenvalue weighted by Gasteiger charge is 1.96. The van der Waals surface area contributed by atoms with Crippen LogP contribution in [-0.4, -0.2) is 31.8 Å². The van der Waals surface area contributed by atoms with Crippen LogP contribution in [0.5, 0.6) is 0 Å². The number of nitrogens with zero attached hydrogens (tertiary/aromatic N) is 3. The average Bonchev–Trinajstić information content (AvgIpc) is 2.22. The Balaban J connectivity index is 0.000000132. The Hall–Kier alpha value is -0.463. The first kappa shape index (κ1) is 10.6. The highest BCUT2D eigenvalue weighted by molar-refractivity contribution is 7.80. The minimum absolute atomic E-state index is 0.00849. The van der Waals surface area contributed by atoms with Gasteiger partial charge in [0.05, 0.1) is 6.20 Å². The zero-order valence-corrected chi connectivity index (χ0v) is 9.70. The Labute approximate surface area is 85.5 Å². The van der Waals surface area contributed by atoms with Crippen LogP contribution in [0.25, 0.3) is 0 Å². The fourth-order valence-electron chi connectivity index (χ4n) is 0.922. The summed E-state index contributed by atoms with van der Waals surface area (Å²) < 4.78 is 5.21. The van der Waals surface area contributed by atoms with Gasteiger partial charge < -0.3 is 4.43 Å². The number of hydrogen-bond donors (Lipinski definition) is 1. The second kappa shape index (κ2) is 6.99. The Morgan fingerprint density at radius 3 is 2.62 bits per heavy atom. The van der Waals surface area contributed by atoms with Crippen LogP contribution in [0.2, 0.25) is 6.04 Å². The Morgan fingerprint density at radius 2 is 2.38 bits per heavy atom. The second-order valence-corrected chi connectivity index (χ2v) is 4.63. The lowest BCUT2D eigenvalue weighted by Crippen LogP contribution is -2.06. The van der Waals surface area contributed by atoms with Crippen molar-refractivity contribution in [3.63, 3.8) is 0 Å². The third kappa shape index (κ3) is 5.73. The molecule has 0 N–H and O–H groups in total. The topological polar surface area (TPSA) is 47.9 Å². The standard InChI is InChI=1S/C4H10OSi.C3H3N3S/c1-2-4-6-5-3-1;7-3-1-2-4-6-5-3/h1-4,6H2;1-2H,(H,4,5,7). The maximum absolute atomic E-state index is 5.21. The van der Waals surface area contributed by atoms with E-state index in [1.165, 1.54) is 25.1 Å². The molecule has 72 valence electrons. The molecule has 1 saturated heterocycles. The van der Waals surface area contributed by atoms with E-state index in [1.54, 1.807) is 6.07 Å². The first-order valence-corrected chi connectivity index (χ1v) is 6.33. The van der Waals surface area contributed by atoms with Gasteiger partial charge >= 0.3 is 0 Å². The van der Waals surface area contributed by atoms with Gasteiger partial charge in [-0.3, -0.25) is 0 Å². The predicted octanol–water partition coefficient (Wildman–Crippen LogP) is 0.459. The maximum Gasteiger partial charge on any atom is 0.161 e. The molecular formula is C7H13N3OSSi. The minimum Gasteiger partial charge on any atom is -0.424 e. The predicted molar refractivity (Wildman–Crippen MR) is 55.6 cm³/mol. The first-order valence-electron chi connectivity index (χ1n) is 4.30. The summed E-state index contributed by atoms with van der Waals surface area (Å²) in [5, 5.41) is 10.8. The van der Waals surface area contributed by atoms with E-state index < -0.39 is 0 Å². The zero-order chi connectivity index (χ0) is 9.36. The van der Waals surface area contributed by atoms with Crippen LogP contribution in [-0.2, 0) is 4.43 Å². The summed E-state index contributed by atoms with van der Waals surface area (Å²) in [6, 6.07) is 3.08. The molecule has 0 saturated carbocycles. The molecule has 0 spiro atoms. The molecule has 0 unspecified atom stereocenters. The molecule has 0 aromatic carbocycles. The molecule has 1 fully saturated rings. The summed E-state index contributed by atoms with van der Waals surface area (Å²) in [5.41, 5.74) is 0. The van der Waals surface area contributed by atoms with Crippen molar-refractivity contribution in [3.05, 3.63) is 12.3 Å². The van der Waals surface area contributed by atoms with Gasteiger partial charge in [0.25, 0.3) is 0 Å². The maximum atomic E-state index is 5.21. The molecule has 1 aliphatic rings. The summed E-state index contributed by atoms with van der Waals surface area (Å²) in [5.74, 6) is 0. The molecule has 2 rings (SSSR count). The van der Waals surface area contributed by atoms with E-state index in [9.17, 15) is 0 Å². The molecule has 13 heavy (non-hydrogen) atoms. The van der Waals surface area contributed by atoms with Gasteiger partial charge in [0.15, 0.2) is 9.76 Å². The lowest BCUT2D eigenvalue weighted by molar-refractivity contribution is 0.304. The lowest BCUT2D eigenvalue weighted by Gasteiger charge is -2.07. The molecule has 0 atom stereocenters. The quantitative estimate of drug-likeness (QED) is 0.504. The molecule has 0 radical (unpaired) electrons. The first-order chi connectivity index (χ1) is 6.39. The van der Waals surface area contributed by atoms with Crippen LogP contribution in [0.1, 0.15) is 12.8 Å². The van der Waals surface area contributed by atoms with Crippen molar-refractivity contribution in [1.82, 2.24) is 15.4 Å². The van der Waals surface area contributed by atoms with Crippen molar-refractivity contribution in [1.29, 1.82) is 0 Å². The fraction of sp³-hybridized carbons (Fsp3) is 0.571. The van der Waals surface area contributed by atoms with Gasteiger partial charge in [-0.2, -0.15) is 0 Å².